The van der Waals surface area contributed by atoms with Gasteiger partial charge in [-0.15, -0.1) is 0 Å². The van der Waals surface area contributed by atoms with Crippen molar-refractivity contribution < 1.29 is 9.53 Å². The molecule has 1 saturated heterocycles. The number of nitrogens with two attached hydrogens (primary N) is 1. The summed E-state index contributed by atoms with van der Waals surface area (Å²) in [6.45, 7) is 7.78. The Morgan fingerprint density at radius 1 is 1.32 bits per heavy atom. The van der Waals surface area contributed by atoms with Gasteiger partial charge in [0.05, 0.1) is 18.8 Å². The van der Waals surface area contributed by atoms with E-state index in [2.05, 4.69) is 35.4 Å². The first kappa shape index (κ1) is 23.3. The summed E-state index contributed by atoms with van der Waals surface area (Å²) in [5, 5.41) is 19.3. The number of anilines is 1. The van der Waals surface area contributed by atoms with E-state index in [9.17, 15) is 10.1 Å². The molecular formula is C29H33N7O2. The molecule has 0 bridgehead atoms. The minimum atomic E-state index is -0.495. The Balaban J connectivity index is 1.07. The van der Waals surface area contributed by atoms with E-state index >= 15 is 0 Å². The Morgan fingerprint density at radius 3 is 2.84 bits per heavy atom. The minimum Gasteiger partial charge on any atom is -0.444 e. The highest BCUT2D eigenvalue weighted by molar-refractivity contribution is 5.72. The maximum Gasteiger partial charge on any atom is 0.410 e. The van der Waals surface area contributed by atoms with Gasteiger partial charge in [0.25, 0.3) is 0 Å². The average molecular weight is 512 g/mol. The van der Waals surface area contributed by atoms with Crippen LogP contribution >= 0.6 is 0 Å². The Kier molecular flexibility index (Phi) is 4.82. The summed E-state index contributed by atoms with van der Waals surface area (Å²) in [5.74, 6) is 2.00. The zero-order valence-corrected chi connectivity index (χ0v) is 22.1. The number of amides is 1. The lowest BCUT2D eigenvalue weighted by atomic mass is 9.80. The van der Waals surface area contributed by atoms with Crippen molar-refractivity contribution in [1.29, 1.82) is 5.26 Å². The molecule has 7 rings (SSSR count). The topological polar surface area (TPSA) is 115 Å². The minimum absolute atomic E-state index is 0.146. The van der Waals surface area contributed by atoms with Crippen molar-refractivity contribution in [2.75, 3.05) is 18.8 Å². The summed E-state index contributed by atoms with van der Waals surface area (Å²) in [7, 11) is 0. The molecule has 9 nitrogen and oxygen atoms in total. The van der Waals surface area contributed by atoms with E-state index in [-0.39, 0.29) is 17.6 Å². The molecule has 3 aromatic rings. The monoisotopic (exact) mass is 511 g/mol. The largest absolute Gasteiger partial charge is 0.444 e. The number of hydrogen-bond acceptors (Lipinski definition) is 6. The van der Waals surface area contributed by atoms with Gasteiger partial charge in [-0.1, -0.05) is 24.3 Å². The molecule has 1 amide bonds. The number of aromatic nitrogens is 4. The zero-order valence-electron chi connectivity index (χ0n) is 22.1. The van der Waals surface area contributed by atoms with Gasteiger partial charge in [0.1, 0.15) is 28.7 Å². The lowest BCUT2D eigenvalue weighted by molar-refractivity contribution is 0.0190. The summed E-state index contributed by atoms with van der Waals surface area (Å²) in [4.78, 5) is 14.4. The van der Waals surface area contributed by atoms with Crippen molar-refractivity contribution in [1.82, 2.24) is 24.5 Å². The molecular weight excluding hydrogens is 478 g/mol. The van der Waals surface area contributed by atoms with Crippen LogP contribution in [0, 0.1) is 28.6 Å². The van der Waals surface area contributed by atoms with Crippen LogP contribution in [0.2, 0.25) is 0 Å². The lowest BCUT2D eigenvalue weighted by Gasteiger charge is -2.37. The van der Waals surface area contributed by atoms with Gasteiger partial charge in [-0.2, -0.15) is 15.5 Å². The van der Waals surface area contributed by atoms with Gasteiger partial charge >= 0.3 is 6.09 Å². The second-order valence-corrected chi connectivity index (χ2v) is 12.6. The third-order valence-corrected chi connectivity index (χ3v) is 8.91. The number of nitrogen functional groups attached to an aromatic ring is 1. The highest BCUT2D eigenvalue weighted by Gasteiger charge is 2.79. The first-order valence-electron chi connectivity index (χ1n) is 13.5. The second-order valence-electron chi connectivity index (χ2n) is 12.6. The van der Waals surface area contributed by atoms with Gasteiger partial charge in [-0.3, -0.25) is 4.68 Å². The van der Waals surface area contributed by atoms with Gasteiger partial charge in [-0.25, -0.2) is 9.48 Å². The van der Waals surface area contributed by atoms with Crippen LogP contribution in [0.15, 0.2) is 36.7 Å². The number of nitrogens with zero attached hydrogens (tertiary/aromatic N) is 6. The van der Waals surface area contributed by atoms with E-state index < -0.39 is 5.60 Å². The molecule has 4 fully saturated rings. The molecule has 1 spiro atoms. The number of carbonyl (C=O) groups is 1. The molecule has 9 heteroatoms. The van der Waals surface area contributed by atoms with Crippen molar-refractivity contribution in [3.63, 3.8) is 0 Å². The molecule has 4 atom stereocenters. The normalized spacial score (nSPS) is 27.3. The lowest BCUT2D eigenvalue weighted by Crippen LogP contribution is -2.42. The molecule has 3 heterocycles. The maximum absolute atomic E-state index is 12.5. The van der Waals surface area contributed by atoms with Gasteiger partial charge < -0.3 is 15.4 Å². The SMILES string of the molecule is CC(C)(C)OC(=O)N1CC2[C@@H]3[C@H](n4nc(-c5cnn(Cc6cccc(C7CC7)c6)c5)c(C#N)c4N)C[C@]23C1. The zero-order chi connectivity index (χ0) is 26.4. The van der Waals surface area contributed by atoms with Crippen molar-refractivity contribution >= 4 is 11.9 Å². The summed E-state index contributed by atoms with van der Waals surface area (Å²) in [6, 6.07) is 11.2. The van der Waals surface area contributed by atoms with Crippen molar-refractivity contribution in [2.45, 2.75) is 64.1 Å². The van der Waals surface area contributed by atoms with Crippen molar-refractivity contribution in [3.8, 4) is 17.3 Å². The first-order valence-corrected chi connectivity index (χ1v) is 13.5. The number of likely N-dealkylation sites (tertiary alicyclic amines) is 1. The van der Waals surface area contributed by atoms with Gasteiger partial charge in [0.15, 0.2) is 0 Å². The molecule has 1 aromatic carbocycles. The number of hydrogen-bond donors (Lipinski definition) is 1. The number of rotatable bonds is 5. The van der Waals surface area contributed by atoms with Gasteiger partial charge in [0.2, 0.25) is 0 Å². The molecule has 0 radical (unpaired) electrons. The van der Waals surface area contributed by atoms with Crippen LogP contribution < -0.4 is 5.73 Å². The van der Waals surface area contributed by atoms with Crippen LogP contribution in [0.4, 0.5) is 10.6 Å². The van der Waals surface area contributed by atoms with Crippen LogP contribution in [0.1, 0.15) is 68.7 Å². The highest BCUT2D eigenvalue weighted by atomic mass is 16.6. The standard InChI is InChI=1S/C29H33N7O2/c1-28(2,3)38-27(37)34-15-22-24-23(10-29(22,24)16-34)36-26(31)21(11-30)25(33-36)20-12-32-35(14-20)13-17-5-4-6-19(9-17)18-7-8-18/h4-6,9,12,14,18,22-24H,7-8,10,13,15-16,31H2,1-3H3/t22?,23-,24-,29+/m1/s1. The van der Waals surface area contributed by atoms with Crippen LogP contribution in [0.5, 0.6) is 0 Å². The molecule has 4 aliphatic rings. The van der Waals surface area contributed by atoms with Gasteiger partial charge in [-0.05, 0) is 68.9 Å². The molecule has 3 saturated carbocycles. The average Bonchev–Trinajstić information content (AvgIpc) is 3.57. The quantitative estimate of drug-likeness (QED) is 0.537. The molecule has 2 aromatic heterocycles. The van der Waals surface area contributed by atoms with Crippen LogP contribution in [0.25, 0.3) is 11.3 Å². The predicted molar refractivity (Wildman–Crippen MR) is 141 cm³/mol. The Labute approximate surface area is 222 Å². The van der Waals surface area contributed by atoms with Crippen LogP contribution in [-0.4, -0.2) is 49.2 Å². The molecule has 2 N–H and O–H groups in total. The van der Waals surface area contributed by atoms with Crippen LogP contribution in [-0.2, 0) is 11.3 Å². The highest BCUT2D eigenvalue weighted by Crippen LogP contribution is 2.79. The number of piperidine rings is 1. The number of fused-ring (bicyclic) bond motifs is 1. The number of nitriles is 1. The third-order valence-electron chi connectivity index (χ3n) is 8.91. The summed E-state index contributed by atoms with van der Waals surface area (Å²) in [6.07, 6.45) is 6.96. The van der Waals surface area contributed by atoms with E-state index in [1.165, 1.54) is 24.0 Å². The fourth-order valence-electron chi connectivity index (χ4n) is 6.98. The first-order chi connectivity index (χ1) is 18.2. The number of ether oxygens (including phenoxy) is 1. The Hall–Kier alpha value is -3.80. The summed E-state index contributed by atoms with van der Waals surface area (Å²) in [5.41, 5.74) is 10.6. The molecule has 3 aliphatic carbocycles. The fraction of sp³-hybridized carbons (Fsp3) is 0.517. The summed E-state index contributed by atoms with van der Waals surface area (Å²) >= 11 is 0. The molecule has 38 heavy (non-hydrogen) atoms. The van der Waals surface area contributed by atoms with E-state index in [0.29, 0.717) is 47.9 Å². The van der Waals surface area contributed by atoms with E-state index in [0.717, 1.165) is 18.5 Å². The predicted octanol–water partition coefficient (Wildman–Crippen LogP) is 4.55. The maximum atomic E-state index is 12.5. The van der Waals surface area contributed by atoms with Crippen molar-refractivity contribution in [2.24, 2.45) is 17.3 Å². The second kappa shape index (κ2) is 7.85. The molecule has 196 valence electrons. The third kappa shape index (κ3) is 3.61. The van der Waals surface area contributed by atoms with E-state index in [1.807, 2.05) is 41.2 Å². The molecule has 1 unspecified atom stereocenters. The van der Waals surface area contributed by atoms with Crippen molar-refractivity contribution in [3.05, 3.63) is 53.3 Å². The summed E-state index contributed by atoms with van der Waals surface area (Å²) < 4.78 is 9.32. The smallest absolute Gasteiger partial charge is 0.410 e. The van der Waals surface area contributed by atoms with Gasteiger partial charge in [0, 0.05) is 30.3 Å². The van der Waals surface area contributed by atoms with Crippen LogP contribution in [0.3, 0.4) is 0 Å². The van der Waals surface area contributed by atoms with E-state index in [4.69, 9.17) is 15.6 Å². The molecule has 1 aliphatic heterocycles. The Morgan fingerprint density at radius 2 is 2.13 bits per heavy atom. The number of benzene rings is 1. The van der Waals surface area contributed by atoms with E-state index in [1.54, 1.807) is 6.20 Å². The Bertz CT molecular complexity index is 1490. The fourth-order valence-corrected chi connectivity index (χ4v) is 6.98. The number of carbonyl (C=O) groups excluding carboxylic acids is 1.